The highest BCUT2D eigenvalue weighted by molar-refractivity contribution is 7.92. The van der Waals surface area contributed by atoms with E-state index in [9.17, 15) is 22.7 Å². The van der Waals surface area contributed by atoms with Crippen LogP contribution in [-0.2, 0) is 26.1 Å². The number of benzene rings is 2. The zero-order valence-corrected chi connectivity index (χ0v) is 18.3. The van der Waals surface area contributed by atoms with Crippen LogP contribution in [0.1, 0.15) is 29.9 Å². The number of halogens is 1. The number of nitrogens with one attached hydrogen (secondary N) is 2. The van der Waals surface area contributed by atoms with Gasteiger partial charge < -0.3 is 19.9 Å². The van der Waals surface area contributed by atoms with Crippen molar-refractivity contribution in [1.82, 2.24) is 5.32 Å². The molecule has 0 bridgehead atoms. The number of carbonyl (C=O) groups is 1. The molecule has 0 saturated carbocycles. The Labute approximate surface area is 185 Å². The van der Waals surface area contributed by atoms with Gasteiger partial charge in [-0.05, 0) is 30.7 Å². The molecule has 0 aliphatic carbocycles. The Bertz CT molecular complexity index is 1110. The molecule has 1 saturated heterocycles. The minimum absolute atomic E-state index is 0.0464. The zero-order valence-electron chi connectivity index (χ0n) is 17.5. The molecule has 2 aromatic carbocycles. The van der Waals surface area contributed by atoms with E-state index in [2.05, 4.69) is 10.0 Å². The summed E-state index contributed by atoms with van der Waals surface area (Å²) in [7, 11) is -3.43. The minimum atomic E-state index is -3.43. The molecule has 2 aliphatic rings. The van der Waals surface area contributed by atoms with E-state index in [1.54, 1.807) is 36.4 Å². The van der Waals surface area contributed by atoms with E-state index >= 15 is 0 Å². The molecule has 8 nitrogen and oxygen atoms in total. The number of ether oxygens (including phenoxy) is 2. The van der Waals surface area contributed by atoms with Crippen LogP contribution in [0.4, 0.5) is 10.1 Å². The van der Waals surface area contributed by atoms with Crippen molar-refractivity contribution in [3.8, 4) is 5.75 Å². The predicted molar refractivity (Wildman–Crippen MR) is 115 cm³/mol. The van der Waals surface area contributed by atoms with E-state index in [-0.39, 0.29) is 37.2 Å². The second-order valence-corrected chi connectivity index (χ2v) is 9.85. The third-order valence-corrected chi connectivity index (χ3v) is 6.26. The average Bonchev–Trinajstić information content (AvgIpc) is 3.09. The second kappa shape index (κ2) is 9.05. The topological polar surface area (TPSA) is 114 Å². The van der Waals surface area contributed by atoms with Crippen molar-refractivity contribution < 1.29 is 32.2 Å². The maximum absolute atomic E-state index is 13.8. The van der Waals surface area contributed by atoms with Crippen LogP contribution in [0.5, 0.6) is 5.75 Å². The first-order valence-corrected chi connectivity index (χ1v) is 12.2. The molecule has 10 heteroatoms. The number of amides is 1. The van der Waals surface area contributed by atoms with Gasteiger partial charge in [0.05, 0.1) is 25.4 Å². The Kier molecular flexibility index (Phi) is 6.36. The Morgan fingerprint density at radius 3 is 2.75 bits per heavy atom. The molecule has 1 amide bonds. The lowest BCUT2D eigenvalue weighted by Crippen LogP contribution is -2.47. The van der Waals surface area contributed by atoms with Gasteiger partial charge in [0.2, 0.25) is 15.9 Å². The van der Waals surface area contributed by atoms with Crippen molar-refractivity contribution in [2.75, 3.05) is 17.6 Å². The minimum Gasteiger partial charge on any atom is -0.487 e. The summed E-state index contributed by atoms with van der Waals surface area (Å²) in [6, 6.07) is 11.2. The maximum Gasteiger partial charge on any atom is 0.229 e. The summed E-state index contributed by atoms with van der Waals surface area (Å²) in [6.45, 7) is -0.211. The van der Waals surface area contributed by atoms with Crippen LogP contribution in [0.15, 0.2) is 42.5 Å². The van der Waals surface area contributed by atoms with Crippen LogP contribution in [0.2, 0.25) is 0 Å². The van der Waals surface area contributed by atoms with Crippen molar-refractivity contribution in [1.29, 1.82) is 0 Å². The van der Waals surface area contributed by atoms with Gasteiger partial charge in [-0.1, -0.05) is 18.2 Å². The normalized spacial score (nSPS) is 24.2. The third-order valence-electron chi connectivity index (χ3n) is 5.65. The summed E-state index contributed by atoms with van der Waals surface area (Å²) in [6.07, 6.45) is 0.0493. The SMILES string of the molecule is CS(=O)(=O)Nc1ccc2c(c1)[C@@H]1C[C@@H](CC(=O)NCc3ccccc3F)O[C@H](CO)[C@@H]1O2. The third kappa shape index (κ3) is 5.03. The molecular weight excluding hydrogens is 439 g/mol. The van der Waals surface area contributed by atoms with E-state index < -0.39 is 28.3 Å². The van der Waals surface area contributed by atoms with Crippen molar-refractivity contribution in [2.24, 2.45) is 0 Å². The van der Waals surface area contributed by atoms with E-state index in [0.29, 0.717) is 23.4 Å². The zero-order chi connectivity index (χ0) is 22.9. The molecule has 0 radical (unpaired) electrons. The fourth-order valence-corrected chi connectivity index (χ4v) is 4.84. The molecule has 172 valence electrons. The number of aliphatic hydroxyl groups is 1. The molecule has 0 aromatic heterocycles. The molecule has 1 fully saturated rings. The average molecular weight is 465 g/mol. The number of anilines is 1. The molecule has 2 aliphatic heterocycles. The highest BCUT2D eigenvalue weighted by atomic mass is 32.2. The number of hydrogen-bond acceptors (Lipinski definition) is 6. The number of sulfonamides is 1. The van der Waals surface area contributed by atoms with Gasteiger partial charge in [-0.3, -0.25) is 9.52 Å². The molecular formula is C22H25FN2O6S. The number of fused-ring (bicyclic) bond motifs is 3. The van der Waals surface area contributed by atoms with Crippen LogP contribution in [0, 0.1) is 5.82 Å². The Morgan fingerprint density at radius 2 is 2.03 bits per heavy atom. The van der Waals surface area contributed by atoms with Crippen LogP contribution >= 0.6 is 0 Å². The van der Waals surface area contributed by atoms with Crippen LogP contribution in [0.25, 0.3) is 0 Å². The lowest BCUT2D eigenvalue weighted by atomic mass is 9.84. The van der Waals surface area contributed by atoms with Crippen molar-refractivity contribution in [2.45, 2.75) is 43.6 Å². The van der Waals surface area contributed by atoms with E-state index in [0.717, 1.165) is 11.8 Å². The Hall–Kier alpha value is -2.69. The van der Waals surface area contributed by atoms with Crippen molar-refractivity contribution in [3.05, 3.63) is 59.4 Å². The molecule has 2 aromatic rings. The van der Waals surface area contributed by atoms with E-state index in [4.69, 9.17) is 9.47 Å². The second-order valence-electron chi connectivity index (χ2n) is 8.10. The highest BCUT2D eigenvalue weighted by Crippen LogP contribution is 2.47. The van der Waals surface area contributed by atoms with Crippen molar-refractivity contribution >= 4 is 21.6 Å². The molecule has 32 heavy (non-hydrogen) atoms. The number of hydrogen-bond donors (Lipinski definition) is 3. The van der Waals surface area contributed by atoms with Gasteiger partial charge in [0.1, 0.15) is 23.8 Å². The van der Waals surface area contributed by atoms with Gasteiger partial charge in [0.15, 0.2) is 0 Å². The summed E-state index contributed by atoms with van der Waals surface area (Å²) in [4.78, 5) is 12.5. The molecule has 3 N–H and O–H groups in total. The van der Waals surface area contributed by atoms with Gasteiger partial charge in [-0.25, -0.2) is 12.8 Å². The summed E-state index contributed by atoms with van der Waals surface area (Å²) < 4.78 is 51.2. The first kappa shape index (κ1) is 22.5. The van der Waals surface area contributed by atoms with Gasteiger partial charge in [-0.15, -0.1) is 0 Å². The van der Waals surface area contributed by atoms with Gasteiger partial charge in [0, 0.05) is 29.3 Å². The van der Waals surface area contributed by atoms with Crippen LogP contribution in [-0.4, -0.2) is 50.6 Å². The quantitative estimate of drug-likeness (QED) is 0.577. The smallest absolute Gasteiger partial charge is 0.229 e. The molecule has 0 unspecified atom stereocenters. The van der Waals surface area contributed by atoms with Gasteiger partial charge in [-0.2, -0.15) is 0 Å². The molecule has 4 rings (SSSR count). The lowest BCUT2D eigenvalue weighted by Gasteiger charge is -2.37. The van der Waals surface area contributed by atoms with Crippen LogP contribution < -0.4 is 14.8 Å². The first-order valence-electron chi connectivity index (χ1n) is 10.3. The maximum atomic E-state index is 13.8. The fourth-order valence-electron chi connectivity index (χ4n) is 4.28. The van der Waals surface area contributed by atoms with Gasteiger partial charge in [0.25, 0.3) is 0 Å². The van der Waals surface area contributed by atoms with Gasteiger partial charge >= 0.3 is 0 Å². The lowest BCUT2D eigenvalue weighted by molar-refractivity contribution is -0.142. The number of carbonyl (C=O) groups excluding carboxylic acids is 1. The van der Waals surface area contributed by atoms with Crippen LogP contribution in [0.3, 0.4) is 0 Å². The van der Waals surface area contributed by atoms with E-state index in [1.165, 1.54) is 6.07 Å². The first-order chi connectivity index (χ1) is 15.2. The largest absolute Gasteiger partial charge is 0.487 e. The Balaban J connectivity index is 1.45. The van der Waals surface area contributed by atoms with Crippen molar-refractivity contribution in [3.63, 3.8) is 0 Å². The summed E-state index contributed by atoms with van der Waals surface area (Å²) in [5.41, 5.74) is 1.62. The predicted octanol–water partition coefficient (Wildman–Crippen LogP) is 1.90. The monoisotopic (exact) mass is 464 g/mol. The van der Waals surface area contributed by atoms with E-state index in [1.807, 2.05) is 0 Å². The summed E-state index contributed by atoms with van der Waals surface area (Å²) >= 11 is 0. The number of rotatable bonds is 7. The fraction of sp³-hybridized carbons (Fsp3) is 0.409. The standard InChI is InChI=1S/C22H25FN2O6S/c1-32(28,29)25-14-6-7-19-16(8-14)17-9-15(30-20(12-26)22(17)31-19)10-21(27)24-11-13-4-2-3-5-18(13)23/h2-8,15,17,20,22,25-26H,9-12H2,1H3,(H,24,27)/t15-,17-,20+,22+/m0/s1. The molecule has 0 spiro atoms. The highest BCUT2D eigenvalue weighted by Gasteiger charge is 2.46. The molecule has 4 atom stereocenters. The molecule has 2 heterocycles. The number of aliphatic hydroxyl groups excluding tert-OH is 1. The summed E-state index contributed by atoms with van der Waals surface area (Å²) in [5, 5.41) is 12.5. The summed E-state index contributed by atoms with van der Waals surface area (Å²) in [5.74, 6) is -0.240. The Morgan fingerprint density at radius 1 is 1.25 bits per heavy atom.